The van der Waals surface area contributed by atoms with Crippen LogP contribution < -0.4 is 4.74 Å². The van der Waals surface area contributed by atoms with E-state index >= 15 is 0 Å². The Morgan fingerprint density at radius 2 is 1.18 bits per heavy atom. The summed E-state index contributed by atoms with van der Waals surface area (Å²) >= 11 is 0. The molecular weight excluding hydrogens is 368 g/mol. The average Bonchev–Trinajstić information content (AvgIpc) is 2.74. The van der Waals surface area contributed by atoms with Gasteiger partial charge in [-0.05, 0) is 31.1 Å². The van der Waals surface area contributed by atoms with Gasteiger partial charge in [0.25, 0.3) is 0 Å². The van der Waals surface area contributed by atoms with Crippen molar-refractivity contribution in [1.82, 2.24) is 0 Å². The molecular formula is C23H42O4Si. The van der Waals surface area contributed by atoms with E-state index in [9.17, 15) is 0 Å². The van der Waals surface area contributed by atoms with Crippen molar-refractivity contribution in [1.29, 1.82) is 0 Å². The fourth-order valence-corrected chi connectivity index (χ4v) is 4.61. The predicted octanol–water partition coefficient (Wildman–Crippen LogP) is 6.35. The van der Waals surface area contributed by atoms with E-state index in [0.717, 1.165) is 38.0 Å². The lowest BCUT2D eigenvalue weighted by molar-refractivity contribution is 0.115. The smallest absolute Gasteiger partial charge is 0.334 e. The summed E-state index contributed by atoms with van der Waals surface area (Å²) in [5.41, 5.74) is 0. The molecule has 0 bridgehead atoms. The SMILES string of the molecule is CO[Si](C)(CCCCCCCCCCCOCCCOc1ccccc1)OC. The molecule has 0 N–H and O–H groups in total. The second-order valence-electron chi connectivity index (χ2n) is 7.60. The highest BCUT2D eigenvalue weighted by atomic mass is 28.4. The summed E-state index contributed by atoms with van der Waals surface area (Å²) in [6, 6.07) is 11.1. The lowest BCUT2D eigenvalue weighted by Gasteiger charge is -2.22. The highest BCUT2D eigenvalue weighted by Crippen LogP contribution is 2.17. The normalized spacial score (nSPS) is 11.7. The number of benzene rings is 1. The minimum absolute atomic E-state index is 0.725. The lowest BCUT2D eigenvalue weighted by atomic mass is 10.1. The summed E-state index contributed by atoms with van der Waals surface area (Å²) < 4.78 is 22.4. The van der Waals surface area contributed by atoms with Crippen molar-refractivity contribution in [2.24, 2.45) is 0 Å². The quantitative estimate of drug-likeness (QED) is 0.197. The van der Waals surface area contributed by atoms with E-state index in [2.05, 4.69) is 6.55 Å². The first-order valence-electron chi connectivity index (χ1n) is 11.1. The molecule has 28 heavy (non-hydrogen) atoms. The van der Waals surface area contributed by atoms with Crippen LogP contribution in [-0.2, 0) is 13.6 Å². The topological polar surface area (TPSA) is 36.9 Å². The third-order valence-corrected chi connectivity index (χ3v) is 8.22. The summed E-state index contributed by atoms with van der Waals surface area (Å²) in [5, 5.41) is 0. The maximum atomic E-state index is 5.69. The van der Waals surface area contributed by atoms with Gasteiger partial charge < -0.3 is 18.3 Å². The zero-order chi connectivity index (χ0) is 20.3. The molecule has 0 fully saturated rings. The van der Waals surface area contributed by atoms with Crippen molar-refractivity contribution in [2.45, 2.75) is 76.8 Å². The molecule has 0 saturated carbocycles. The first-order valence-corrected chi connectivity index (χ1v) is 13.6. The molecule has 1 rings (SSSR count). The van der Waals surface area contributed by atoms with E-state index in [-0.39, 0.29) is 0 Å². The molecule has 4 nitrogen and oxygen atoms in total. The van der Waals surface area contributed by atoms with Gasteiger partial charge in [0.15, 0.2) is 0 Å². The van der Waals surface area contributed by atoms with Crippen molar-refractivity contribution in [3.8, 4) is 5.75 Å². The molecule has 0 radical (unpaired) electrons. The van der Waals surface area contributed by atoms with Gasteiger partial charge >= 0.3 is 8.56 Å². The van der Waals surface area contributed by atoms with E-state index < -0.39 is 8.56 Å². The van der Waals surface area contributed by atoms with Crippen LogP contribution in [0.2, 0.25) is 12.6 Å². The molecule has 1 aromatic carbocycles. The van der Waals surface area contributed by atoms with Crippen LogP contribution in [0.1, 0.15) is 64.2 Å². The van der Waals surface area contributed by atoms with E-state index in [1.54, 1.807) is 14.2 Å². The Labute approximate surface area is 174 Å². The molecule has 0 aliphatic heterocycles. The maximum Gasteiger partial charge on any atom is 0.334 e. The Bertz CT molecular complexity index is 451. The monoisotopic (exact) mass is 410 g/mol. The van der Waals surface area contributed by atoms with Crippen molar-refractivity contribution in [2.75, 3.05) is 34.0 Å². The summed E-state index contributed by atoms with van der Waals surface area (Å²) in [7, 11) is 1.72. The van der Waals surface area contributed by atoms with Crippen LogP contribution in [0.3, 0.4) is 0 Å². The molecule has 0 amide bonds. The molecule has 162 valence electrons. The third kappa shape index (κ3) is 13.3. The van der Waals surface area contributed by atoms with E-state index in [1.165, 1.54) is 57.8 Å². The van der Waals surface area contributed by atoms with Gasteiger partial charge in [-0.25, -0.2) is 0 Å². The molecule has 0 spiro atoms. The zero-order valence-corrected chi connectivity index (χ0v) is 19.4. The van der Waals surface area contributed by atoms with Crippen LogP contribution in [0.25, 0.3) is 0 Å². The van der Waals surface area contributed by atoms with Crippen LogP contribution in [0.5, 0.6) is 5.75 Å². The van der Waals surface area contributed by atoms with Crippen LogP contribution in [-0.4, -0.2) is 42.6 Å². The minimum atomic E-state index is -1.84. The van der Waals surface area contributed by atoms with E-state index in [1.807, 2.05) is 30.3 Å². The summed E-state index contributed by atoms with van der Waals surface area (Å²) in [5.74, 6) is 0.938. The first-order chi connectivity index (χ1) is 13.7. The molecule has 0 aliphatic carbocycles. The number of hydrogen-bond donors (Lipinski definition) is 0. The van der Waals surface area contributed by atoms with Crippen LogP contribution in [0, 0.1) is 0 Å². The fraction of sp³-hybridized carbons (Fsp3) is 0.739. The molecule has 5 heteroatoms. The van der Waals surface area contributed by atoms with Crippen molar-refractivity contribution >= 4 is 8.56 Å². The molecule has 0 unspecified atom stereocenters. The second-order valence-corrected chi connectivity index (χ2v) is 11.2. The highest BCUT2D eigenvalue weighted by Gasteiger charge is 2.27. The van der Waals surface area contributed by atoms with Gasteiger partial charge in [0.1, 0.15) is 5.75 Å². The number of para-hydroxylation sites is 1. The van der Waals surface area contributed by atoms with Gasteiger partial charge in [0.05, 0.1) is 6.61 Å². The number of rotatable bonds is 19. The molecule has 0 heterocycles. The molecule has 0 atom stereocenters. The summed E-state index contributed by atoms with van der Waals surface area (Å²) in [6.07, 6.45) is 12.7. The van der Waals surface area contributed by atoms with Crippen molar-refractivity contribution in [3.05, 3.63) is 30.3 Å². The molecule has 1 aromatic rings. The van der Waals surface area contributed by atoms with Crippen LogP contribution >= 0.6 is 0 Å². The Morgan fingerprint density at radius 1 is 0.643 bits per heavy atom. The van der Waals surface area contributed by atoms with E-state index in [0.29, 0.717) is 0 Å². The van der Waals surface area contributed by atoms with Gasteiger partial charge in [0.2, 0.25) is 0 Å². The Morgan fingerprint density at radius 3 is 1.79 bits per heavy atom. The van der Waals surface area contributed by atoms with Crippen LogP contribution in [0.4, 0.5) is 0 Å². The fourth-order valence-electron chi connectivity index (χ4n) is 3.14. The standard InChI is InChI=1S/C23H42O4Si/c1-24-28(3,25-2)22-15-10-8-6-4-5-7-9-14-19-26-20-16-21-27-23-17-12-11-13-18-23/h11-13,17-18H,4-10,14-16,19-22H2,1-3H3. The Balaban J connectivity index is 1.75. The Kier molecular flexibility index (Phi) is 15.3. The molecule has 0 saturated heterocycles. The lowest BCUT2D eigenvalue weighted by Crippen LogP contribution is -2.35. The number of unbranched alkanes of at least 4 members (excludes halogenated alkanes) is 8. The average molecular weight is 411 g/mol. The van der Waals surface area contributed by atoms with Crippen molar-refractivity contribution < 1.29 is 18.3 Å². The van der Waals surface area contributed by atoms with Crippen molar-refractivity contribution in [3.63, 3.8) is 0 Å². The molecule has 0 aliphatic rings. The molecule has 0 aromatic heterocycles. The van der Waals surface area contributed by atoms with Gasteiger partial charge in [-0.15, -0.1) is 0 Å². The van der Waals surface area contributed by atoms with Gasteiger partial charge in [-0.3, -0.25) is 0 Å². The van der Waals surface area contributed by atoms with Crippen LogP contribution in [0.15, 0.2) is 30.3 Å². The van der Waals surface area contributed by atoms with Gasteiger partial charge in [-0.1, -0.05) is 69.6 Å². The largest absolute Gasteiger partial charge is 0.494 e. The summed E-state index contributed by atoms with van der Waals surface area (Å²) in [6.45, 7) is 4.55. The van der Waals surface area contributed by atoms with Gasteiger partial charge in [-0.2, -0.15) is 0 Å². The summed E-state index contributed by atoms with van der Waals surface area (Å²) in [4.78, 5) is 0. The predicted molar refractivity (Wildman–Crippen MR) is 119 cm³/mol. The van der Waals surface area contributed by atoms with E-state index in [4.69, 9.17) is 18.3 Å². The highest BCUT2D eigenvalue weighted by molar-refractivity contribution is 6.65. The Hall–Kier alpha value is -0.883. The third-order valence-electron chi connectivity index (χ3n) is 5.23. The first kappa shape index (κ1) is 25.2. The second kappa shape index (κ2) is 17.0. The minimum Gasteiger partial charge on any atom is -0.494 e. The van der Waals surface area contributed by atoms with Gasteiger partial charge in [0, 0.05) is 33.9 Å². The maximum absolute atomic E-state index is 5.69. The number of ether oxygens (including phenoxy) is 2. The number of hydrogen-bond acceptors (Lipinski definition) is 4. The zero-order valence-electron chi connectivity index (χ0n) is 18.4.